The normalized spacial score (nSPS) is 11.3. The molecule has 1 aromatic heterocycles. The minimum absolute atomic E-state index is 0. The van der Waals surface area contributed by atoms with Crippen molar-refractivity contribution in [2.75, 3.05) is 0 Å². The molecule has 0 spiro atoms. The van der Waals surface area contributed by atoms with Crippen molar-refractivity contribution in [1.29, 1.82) is 0 Å². The van der Waals surface area contributed by atoms with Gasteiger partial charge in [-0.1, -0.05) is 0 Å². The number of hydrogen-bond acceptors (Lipinski definition) is 6. The summed E-state index contributed by atoms with van der Waals surface area (Å²) in [5.41, 5.74) is -0.301. The van der Waals surface area contributed by atoms with Crippen molar-refractivity contribution in [2.45, 2.75) is 12.7 Å². The molecule has 0 amide bonds. The van der Waals surface area contributed by atoms with E-state index >= 15 is 0 Å². The monoisotopic (exact) mass is 292 g/mol. The van der Waals surface area contributed by atoms with Crippen LogP contribution in [-0.2, 0) is 15.9 Å². The molecule has 0 aliphatic heterocycles. The number of aromatic hydroxyl groups is 1. The van der Waals surface area contributed by atoms with Crippen molar-refractivity contribution < 1.29 is 52.1 Å². The second kappa shape index (κ2) is 5.64. The molecule has 6 nitrogen and oxygen atoms in total. The Balaban J connectivity index is 0.00000180. The van der Waals surface area contributed by atoms with Gasteiger partial charge in [0.05, 0.1) is 15.9 Å². The zero-order valence-corrected chi connectivity index (χ0v) is 13.2. The average Bonchev–Trinajstić information content (AvgIpc) is 2.21. The predicted octanol–water partition coefficient (Wildman–Crippen LogP) is -2.14. The number of benzene rings is 1. The Morgan fingerprint density at radius 1 is 1.37 bits per heavy atom. The van der Waals surface area contributed by atoms with Crippen LogP contribution in [0.25, 0.3) is 11.0 Å². The fourth-order valence-electron chi connectivity index (χ4n) is 1.73. The quantitative estimate of drug-likeness (QED) is 0.384. The third-order valence-electron chi connectivity index (χ3n) is 2.55. The molecule has 0 saturated heterocycles. The zero-order chi connectivity index (χ0) is 13.5. The molecule has 0 saturated carbocycles. The van der Waals surface area contributed by atoms with E-state index in [0.717, 1.165) is 6.07 Å². The first-order valence-electron chi connectivity index (χ1n) is 4.97. The number of rotatable bonds is 2. The van der Waals surface area contributed by atoms with Gasteiger partial charge in [0.25, 0.3) is 0 Å². The van der Waals surface area contributed by atoms with E-state index in [-0.39, 0.29) is 46.5 Å². The molecule has 0 atom stereocenters. The van der Waals surface area contributed by atoms with E-state index in [1.54, 1.807) is 0 Å². The molecule has 0 unspecified atom stereocenters. The van der Waals surface area contributed by atoms with Crippen LogP contribution in [0.1, 0.15) is 11.1 Å². The van der Waals surface area contributed by atoms with Crippen LogP contribution in [0.15, 0.2) is 27.4 Å². The maximum absolute atomic E-state index is 11.3. The number of hydrogen-bond donors (Lipinski definition) is 1. The second-order valence-electron chi connectivity index (χ2n) is 3.88. The largest absolute Gasteiger partial charge is 1.00 e. The third-order valence-corrected chi connectivity index (χ3v) is 3.21. The van der Waals surface area contributed by atoms with Crippen LogP contribution in [0.4, 0.5) is 0 Å². The molecule has 1 aromatic carbocycles. The number of aryl methyl sites for hydroxylation is 1. The first-order valence-corrected chi connectivity index (χ1v) is 6.54. The van der Waals surface area contributed by atoms with Crippen molar-refractivity contribution in [3.8, 4) is 5.75 Å². The molecular formula is C11H9NaO6S. The average molecular weight is 292 g/mol. The Bertz CT molecular complexity index is 778. The van der Waals surface area contributed by atoms with E-state index < -0.39 is 21.5 Å². The molecule has 8 heteroatoms. The van der Waals surface area contributed by atoms with Crippen LogP contribution in [-0.4, -0.2) is 18.1 Å². The summed E-state index contributed by atoms with van der Waals surface area (Å²) in [6.07, 6.45) is 0. The van der Waals surface area contributed by atoms with Gasteiger partial charge in [-0.05, 0) is 24.6 Å². The standard InChI is InChI=1S/C11H10O6S.Na/c1-6-9(12)3-2-8-7(5-18(14,15)16)4-10(13)17-11(6)8;/h2-4,12H,5H2,1H3,(H,14,15,16);/q;+1/p-1. The van der Waals surface area contributed by atoms with Gasteiger partial charge < -0.3 is 14.1 Å². The van der Waals surface area contributed by atoms with Gasteiger partial charge in [-0.2, -0.15) is 0 Å². The van der Waals surface area contributed by atoms with Crippen LogP contribution < -0.4 is 35.2 Å². The SMILES string of the molecule is Cc1c(O)ccc2c(CS(=O)(=O)[O-])cc(=O)oc12.[Na+]. The van der Waals surface area contributed by atoms with Crippen molar-refractivity contribution in [1.82, 2.24) is 0 Å². The van der Waals surface area contributed by atoms with Crippen molar-refractivity contribution in [3.05, 3.63) is 39.7 Å². The molecule has 1 N–H and O–H groups in total. The van der Waals surface area contributed by atoms with Crippen LogP contribution in [0.5, 0.6) is 5.75 Å². The molecule has 19 heavy (non-hydrogen) atoms. The minimum Gasteiger partial charge on any atom is -0.748 e. The fraction of sp³-hybridized carbons (Fsp3) is 0.182. The summed E-state index contributed by atoms with van der Waals surface area (Å²) in [6, 6.07) is 3.72. The summed E-state index contributed by atoms with van der Waals surface area (Å²) in [4.78, 5) is 11.3. The maximum atomic E-state index is 11.3. The van der Waals surface area contributed by atoms with E-state index in [0.29, 0.717) is 10.9 Å². The van der Waals surface area contributed by atoms with Crippen LogP contribution in [0, 0.1) is 6.92 Å². The topological polar surface area (TPSA) is 108 Å². The van der Waals surface area contributed by atoms with E-state index in [9.17, 15) is 22.9 Å². The van der Waals surface area contributed by atoms with E-state index in [1.165, 1.54) is 19.1 Å². The fourth-order valence-corrected chi connectivity index (χ4v) is 2.35. The Labute approximate surface area is 131 Å². The molecule has 2 rings (SSSR count). The van der Waals surface area contributed by atoms with Crippen LogP contribution >= 0.6 is 0 Å². The van der Waals surface area contributed by atoms with Gasteiger partial charge in [0.1, 0.15) is 11.3 Å². The second-order valence-corrected chi connectivity index (χ2v) is 5.28. The number of phenolic OH excluding ortho intramolecular Hbond substituents is 1. The van der Waals surface area contributed by atoms with Crippen LogP contribution in [0.3, 0.4) is 0 Å². The Hall–Kier alpha value is -0.860. The predicted molar refractivity (Wildman–Crippen MR) is 62.3 cm³/mol. The first kappa shape index (κ1) is 16.2. The summed E-state index contributed by atoms with van der Waals surface area (Å²) in [5.74, 6) is -0.868. The maximum Gasteiger partial charge on any atom is 1.00 e. The molecule has 0 radical (unpaired) electrons. The Kier molecular flexibility index (Phi) is 4.81. The minimum atomic E-state index is -4.50. The first-order chi connectivity index (χ1) is 8.28. The number of phenols is 1. The van der Waals surface area contributed by atoms with Gasteiger partial charge in [-0.25, -0.2) is 13.2 Å². The van der Waals surface area contributed by atoms with Crippen molar-refractivity contribution >= 4 is 21.1 Å². The molecule has 0 fully saturated rings. The van der Waals surface area contributed by atoms with E-state index in [1.807, 2.05) is 0 Å². The van der Waals surface area contributed by atoms with Gasteiger partial charge in [0.15, 0.2) is 0 Å². The summed E-state index contributed by atoms with van der Waals surface area (Å²) in [7, 11) is -4.50. The van der Waals surface area contributed by atoms with Gasteiger partial charge in [-0.15, -0.1) is 0 Å². The van der Waals surface area contributed by atoms with Gasteiger partial charge in [0.2, 0.25) is 0 Å². The van der Waals surface area contributed by atoms with Gasteiger partial charge in [0, 0.05) is 17.0 Å². The summed E-state index contributed by atoms with van der Waals surface area (Å²) < 4.78 is 37.2. The van der Waals surface area contributed by atoms with Gasteiger partial charge in [-0.3, -0.25) is 0 Å². The third kappa shape index (κ3) is 3.58. The number of fused-ring (bicyclic) bond motifs is 1. The van der Waals surface area contributed by atoms with Crippen LogP contribution in [0.2, 0.25) is 0 Å². The molecule has 2 aromatic rings. The molecule has 0 aliphatic carbocycles. The summed E-state index contributed by atoms with van der Waals surface area (Å²) in [5, 5.41) is 9.81. The van der Waals surface area contributed by atoms with Crippen molar-refractivity contribution in [3.63, 3.8) is 0 Å². The Morgan fingerprint density at radius 2 is 2.00 bits per heavy atom. The smallest absolute Gasteiger partial charge is 0.748 e. The molecule has 1 heterocycles. The molecule has 0 aliphatic rings. The summed E-state index contributed by atoms with van der Waals surface area (Å²) >= 11 is 0. The van der Waals surface area contributed by atoms with Crippen molar-refractivity contribution in [2.24, 2.45) is 0 Å². The Morgan fingerprint density at radius 3 is 2.58 bits per heavy atom. The van der Waals surface area contributed by atoms with E-state index in [2.05, 4.69) is 0 Å². The van der Waals surface area contributed by atoms with E-state index in [4.69, 9.17) is 4.42 Å². The molecule has 0 bridgehead atoms. The van der Waals surface area contributed by atoms with Gasteiger partial charge >= 0.3 is 35.2 Å². The summed E-state index contributed by atoms with van der Waals surface area (Å²) in [6.45, 7) is 1.52. The zero-order valence-electron chi connectivity index (χ0n) is 10.3. The molecular weight excluding hydrogens is 283 g/mol. The molecule has 96 valence electrons.